The highest BCUT2D eigenvalue weighted by Gasteiger charge is 2.25. The van der Waals surface area contributed by atoms with Crippen LogP contribution in [0.2, 0.25) is 0 Å². The first-order chi connectivity index (χ1) is 9.15. The first kappa shape index (κ1) is 12.9. The molecule has 0 aliphatic heterocycles. The summed E-state index contributed by atoms with van der Waals surface area (Å²) < 4.78 is 22.9. The molecule has 0 saturated carbocycles. The molecule has 98 valence electrons. The summed E-state index contributed by atoms with van der Waals surface area (Å²) in [6.07, 6.45) is 1.00. The normalized spacial score (nSPS) is 10.2. The molecule has 1 aromatic heterocycles. The number of esters is 1. The quantitative estimate of drug-likeness (QED) is 0.625. The van der Waals surface area contributed by atoms with E-state index in [-0.39, 0.29) is 23.4 Å². The lowest BCUT2D eigenvalue weighted by molar-refractivity contribution is 0.0512. The number of carbonyl (C=O) groups excluding carboxylic acids is 2. The van der Waals surface area contributed by atoms with Gasteiger partial charge in [0.05, 0.1) is 17.7 Å². The van der Waals surface area contributed by atoms with E-state index in [1.807, 2.05) is 0 Å². The van der Waals surface area contributed by atoms with E-state index < -0.39 is 17.6 Å². The van der Waals surface area contributed by atoms with Gasteiger partial charge in [-0.25, -0.2) is 9.18 Å². The van der Waals surface area contributed by atoms with Crippen molar-refractivity contribution >= 4 is 11.8 Å². The van der Waals surface area contributed by atoms with Crippen molar-refractivity contribution in [1.82, 2.24) is 5.16 Å². The second kappa shape index (κ2) is 5.43. The third-order valence-electron chi connectivity index (χ3n) is 2.40. The lowest BCUT2D eigenvalue weighted by Gasteiger charge is -2.02. The van der Waals surface area contributed by atoms with Gasteiger partial charge in [-0.1, -0.05) is 17.3 Å². The van der Waals surface area contributed by atoms with Gasteiger partial charge in [0.15, 0.2) is 0 Å². The molecule has 0 atom stereocenters. The van der Waals surface area contributed by atoms with E-state index >= 15 is 0 Å². The van der Waals surface area contributed by atoms with E-state index in [9.17, 15) is 14.0 Å². The second-order valence-electron chi connectivity index (χ2n) is 3.61. The molecule has 0 N–H and O–H groups in total. The molecule has 6 heteroatoms. The molecule has 5 nitrogen and oxygen atoms in total. The number of ether oxygens (including phenoxy) is 1. The van der Waals surface area contributed by atoms with Crippen molar-refractivity contribution in [3.63, 3.8) is 0 Å². The molecule has 1 aromatic carbocycles. The number of nitrogens with zero attached hydrogens (tertiary/aromatic N) is 1. The Labute approximate surface area is 108 Å². The number of ketones is 1. The van der Waals surface area contributed by atoms with Gasteiger partial charge in [0, 0.05) is 0 Å². The van der Waals surface area contributed by atoms with Crippen LogP contribution in [0.1, 0.15) is 33.3 Å². The van der Waals surface area contributed by atoms with Crippen LogP contribution in [-0.4, -0.2) is 23.5 Å². The van der Waals surface area contributed by atoms with Gasteiger partial charge in [0.2, 0.25) is 11.5 Å². The number of hydrogen-bond donors (Lipinski definition) is 0. The van der Waals surface area contributed by atoms with Crippen LogP contribution in [0, 0.1) is 5.82 Å². The van der Waals surface area contributed by atoms with Crippen molar-refractivity contribution in [3.05, 3.63) is 53.2 Å². The standard InChI is InChI=1S/C13H10FNO4/c1-2-18-13(17)11-9(7-19-15-11)12(16)8-5-3-4-6-10(8)14/h3-7H,2H2,1H3. The van der Waals surface area contributed by atoms with Crippen LogP contribution in [0.15, 0.2) is 35.1 Å². The topological polar surface area (TPSA) is 69.4 Å². The smallest absolute Gasteiger partial charge is 0.361 e. The molecule has 0 radical (unpaired) electrons. The van der Waals surface area contributed by atoms with Gasteiger partial charge in [-0.15, -0.1) is 0 Å². The molecule has 0 bridgehead atoms. The van der Waals surface area contributed by atoms with Crippen LogP contribution in [0.4, 0.5) is 4.39 Å². The Morgan fingerprint density at radius 3 is 2.74 bits per heavy atom. The van der Waals surface area contributed by atoms with E-state index in [0.29, 0.717) is 0 Å². The van der Waals surface area contributed by atoms with Crippen LogP contribution in [-0.2, 0) is 4.74 Å². The van der Waals surface area contributed by atoms with E-state index in [2.05, 4.69) is 9.68 Å². The van der Waals surface area contributed by atoms with Crippen LogP contribution >= 0.6 is 0 Å². The molecule has 2 aromatic rings. The predicted octanol–water partition coefficient (Wildman–Crippen LogP) is 2.22. The molecule has 0 fully saturated rings. The van der Waals surface area contributed by atoms with Gasteiger partial charge in [-0.05, 0) is 19.1 Å². The summed E-state index contributed by atoms with van der Waals surface area (Å²) in [5, 5.41) is 3.42. The third-order valence-corrected chi connectivity index (χ3v) is 2.40. The minimum absolute atomic E-state index is 0.122. The third kappa shape index (κ3) is 2.52. The first-order valence-corrected chi connectivity index (χ1v) is 5.56. The highest BCUT2D eigenvalue weighted by atomic mass is 19.1. The molecule has 0 unspecified atom stereocenters. The van der Waals surface area contributed by atoms with Crippen molar-refractivity contribution in [2.24, 2.45) is 0 Å². The fraction of sp³-hybridized carbons (Fsp3) is 0.154. The molecule has 0 spiro atoms. The predicted molar refractivity (Wildman–Crippen MR) is 62.3 cm³/mol. The molecule has 0 aliphatic rings. The summed E-state index contributed by atoms with van der Waals surface area (Å²) in [6.45, 7) is 1.76. The largest absolute Gasteiger partial charge is 0.461 e. The lowest BCUT2D eigenvalue weighted by Crippen LogP contribution is -2.12. The van der Waals surface area contributed by atoms with Crippen molar-refractivity contribution in [2.75, 3.05) is 6.61 Å². The second-order valence-corrected chi connectivity index (χ2v) is 3.61. The molecule has 0 amide bonds. The molecular weight excluding hydrogens is 253 g/mol. The van der Waals surface area contributed by atoms with Gasteiger partial charge in [0.1, 0.15) is 12.1 Å². The molecule has 0 saturated heterocycles. The summed E-state index contributed by atoms with van der Waals surface area (Å²) in [7, 11) is 0. The summed E-state index contributed by atoms with van der Waals surface area (Å²) in [5.41, 5.74) is -0.532. The Bertz CT molecular complexity index is 621. The number of rotatable bonds is 4. The molecule has 2 rings (SSSR count). The number of hydrogen-bond acceptors (Lipinski definition) is 5. The van der Waals surface area contributed by atoms with Crippen LogP contribution < -0.4 is 0 Å². The fourth-order valence-electron chi connectivity index (χ4n) is 1.53. The molecule has 0 aliphatic carbocycles. The van der Waals surface area contributed by atoms with Gasteiger partial charge in [-0.2, -0.15) is 0 Å². The van der Waals surface area contributed by atoms with Gasteiger partial charge >= 0.3 is 5.97 Å². The summed E-state index contributed by atoms with van der Waals surface area (Å²) in [6, 6.07) is 5.46. The Morgan fingerprint density at radius 2 is 2.05 bits per heavy atom. The Morgan fingerprint density at radius 1 is 1.32 bits per heavy atom. The highest BCUT2D eigenvalue weighted by Crippen LogP contribution is 2.17. The zero-order valence-electron chi connectivity index (χ0n) is 10.1. The highest BCUT2D eigenvalue weighted by molar-refractivity contribution is 6.13. The minimum atomic E-state index is -0.782. The SMILES string of the molecule is CCOC(=O)c1nocc1C(=O)c1ccccc1F. The zero-order chi connectivity index (χ0) is 13.8. The van der Waals surface area contributed by atoms with Crippen LogP contribution in [0.5, 0.6) is 0 Å². The number of halogens is 1. The number of benzene rings is 1. The Balaban J connectivity index is 2.38. The first-order valence-electron chi connectivity index (χ1n) is 5.56. The minimum Gasteiger partial charge on any atom is -0.461 e. The van der Waals surface area contributed by atoms with E-state index in [1.54, 1.807) is 6.92 Å². The van der Waals surface area contributed by atoms with Gasteiger partial charge < -0.3 is 9.26 Å². The Kier molecular flexibility index (Phi) is 3.70. The maximum Gasteiger partial charge on any atom is 0.361 e. The van der Waals surface area contributed by atoms with Crippen LogP contribution in [0.25, 0.3) is 0 Å². The molecular formula is C13H10FNO4. The van der Waals surface area contributed by atoms with E-state index in [1.165, 1.54) is 18.2 Å². The molecule has 1 heterocycles. The summed E-state index contributed by atoms with van der Waals surface area (Å²) >= 11 is 0. The average Bonchev–Trinajstić information content (AvgIpc) is 2.88. The van der Waals surface area contributed by atoms with Crippen molar-refractivity contribution in [2.45, 2.75) is 6.92 Å². The number of aromatic nitrogens is 1. The van der Waals surface area contributed by atoms with Gasteiger partial charge in [-0.3, -0.25) is 4.79 Å². The Hall–Kier alpha value is -2.50. The maximum absolute atomic E-state index is 13.5. The maximum atomic E-state index is 13.5. The summed E-state index contributed by atoms with van der Waals surface area (Å²) in [5.74, 6) is -2.14. The molecule has 19 heavy (non-hydrogen) atoms. The average molecular weight is 263 g/mol. The van der Waals surface area contributed by atoms with E-state index in [0.717, 1.165) is 12.3 Å². The summed E-state index contributed by atoms with van der Waals surface area (Å²) in [4.78, 5) is 23.7. The lowest BCUT2D eigenvalue weighted by atomic mass is 10.0. The number of carbonyl (C=O) groups is 2. The van der Waals surface area contributed by atoms with Crippen molar-refractivity contribution < 1.29 is 23.2 Å². The van der Waals surface area contributed by atoms with Crippen molar-refractivity contribution in [3.8, 4) is 0 Å². The van der Waals surface area contributed by atoms with Crippen molar-refractivity contribution in [1.29, 1.82) is 0 Å². The van der Waals surface area contributed by atoms with Gasteiger partial charge in [0.25, 0.3) is 0 Å². The fourth-order valence-corrected chi connectivity index (χ4v) is 1.53. The van der Waals surface area contributed by atoms with Crippen LogP contribution in [0.3, 0.4) is 0 Å². The monoisotopic (exact) mass is 263 g/mol. The van der Waals surface area contributed by atoms with E-state index in [4.69, 9.17) is 4.74 Å². The zero-order valence-corrected chi connectivity index (χ0v) is 10.1.